The number of amides is 1. The van der Waals surface area contributed by atoms with Crippen molar-refractivity contribution in [2.24, 2.45) is 5.10 Å². The van der Waals surface area contributed by atoms with E-state index in [1.165, 1.54) is 13.3 Å². The Bertz CT molecular complexity index is 775. The number of ether oxygens (including phenoxy) is 3. The van der Waals surface area contributed by atoms with Crippen LogP contribution in [0.2, 0.25) is 0 Å². The average Bonchev–Trinajstić information content (AvgIpc) is 2.62. The number of hydrogen-bond acceptors (Lipinski definition) is 6. The molecule has 3 rings (SSSR count). The van der Waals surface area contributed by atoms with Crippen LogP contribution < -0.4 is 19.6 Å². The lowest BCUT2D eigenvalue weighted by atomic mass is 10.2. The van der Waals surface area contributed by atoms with Crippen LogP contribution in [0.3, 0.4) is 0 Å². The quantitative estimate of drug-likeness (QED) is 0.658. The van der Waals surface area contributed by atoms with Crippen LogP contribution in [0.25, 0.3) is 0 Å². The van der Waals surface area contributed by atoms with Crippen molar-refractivity contribution in [1.29, 1.82) is 0 Å². The first-order valence-corrected chi connectivity index (χ1v) is 7.26. The van der Waals surface area contributed by atoms with Gasteiger partial charge in [0.1, 0.15) is 6.61 Å². The number of aromatic hydroxyl groups is 1. The topological polar surface area (TPSA) is 89.4 Å². The average molecular weight is 328 g/mol. The number of nitrogens with zero attached hydrogens (tertiary/aromatic N) is 1. The molecule has 7 nitrogen and oxygen atoms in total. The molecule has 0 fully saturated rings. The van der Waals surface area contributed by atoms with E-state index in [-0.39, 0.29) is 12.4 Å². The Morgan fingerprint density at radius 2 is 2.08 bits per heavy atom. The molecule has 0 spiro atoms. The Labute approximate surface area is 138 Å². The minimum Gasteiger partial charge on any atom is -0.504 e. The van der Waals surface area contributed by atoms with Crippen molar-refractivity contribution in [3.63, 3.8) is 0 Å². The van der Waals surface area contributed by atoms with Crippen LogP contribution >= 0.6 is 0 Å². The number of hydrogen-bond donors (Lipinski definition) is 2. The molecule has 0 unspecified atom stereocenters. The van der Waals surface area contributed by atoms with E-state index >= 15 is 0 Å². The molecule has 1 amide bonds. The minimum absolute atomic E-state index is 0.0517. The molecule has 1 heterocycles. The Balaban J connectivity index is 1.62. The molecule has 7 heteroatoms. The molecule has 1 aliphatic rings. The number of benzene rings is 2. The molecule has 24 heavy (non-hydrogen) atoms. The summed E-state index contributed by atoms with van der Waals surface area (Å²) in [7, 11) is 1.45. The number of hydrazone groups is 1. The molecule has 2 aromatic rings. The van der Waals surface area contributed by atoms with Gasteiger partial charge in [-0.15, -0.1) is 0 Å². The number of phenols is 1. The molecule has 1 aliphatic heterocycles. The number of carbonyl (C=O) groups is 1. The normalized spacial score (nSPS) is 16.0. The molecular formula is C17H16N2O5. The van der Waals surface area contributed by atoms with E-state index in [2.05, 4.69) is 10.5 Å². The van der Waals surface area contributed by atoms with Gasteiger partial charge in [-0.3, -0.25) is 4.79 Å². The van der Waals surface area contributed by atoms with Gasteiger partial charge in [-0.25, -0.2) is 5.43 Å². The SMILES string of the molecule is COc1cccc(/C=N\NC(=O)[C@H]2COc3ccccc3O2)c1O. The summed E-state index contributed by atoms with van der Waals surface area (Å²) in [6.45, 7) is 0.1000. The fourth-order valence-electron chi connectivity index (χ4n) is 2.19. The molecular weight excluding hydrogens is 312 g/mol. The zero-order valence-corrected chi connectivity index (χ0v) is 12.9. The lowest BCUT2D eigenvalue weighted by molar-refractivity contribution is -0.130. The summed E-state index contributed by atoms with van der Waals surface area (Å²) in [6.07, 6.45) is 0.531. The van der Waals surface area contributed by atoms with Gasteiger partial charge < -0.3 is 19.3 Å². The van der Waals surface area contributed by atoms with Crippen molar-refractivity contribution in [2.75, 3.05) is 13.7 Å². The number of methoxy groups -OCH3 is 1. The fraction of sp³-hybridized carbons (Fsp3) is 0.176. The zero-order valence-electron chi connectivity index (χ0n) is 12.9. The first kappa shape index (κ1) is 15.7. The van der Waals surface area contributed by atoms with Crippen molar-refractivity contribution >= 4 is 12.1 Å². The number of para-hydroxylation sites is 3. The summed E-state index contributed by atoms with van der Waals surface area (Å²) in [6, 6.07) is 12.1. The van der Waals surface area contributed by atoms with Gasteiger partial charge in [0, 0.05) is 5.56 Å². The summed E-state index contributed by atoms with van der Waals surface area (Å²) in [5, 5.41) is 13.8. The summed E-state index contributed by atoms with van der Waals surface area (Å²) < 4.78 is 16.1. The number of fused-ring (bicyclic) bond motifs is 1. The molecule has 2 aromatic carbocycles. The third-order valence-corrected chi connectivity index (χ3v) is 3.43. The maximum Gasteiger partial charge on any atom is 0.284 e. The first-order valence-electron chi connectivity index (χ1n) is 7.26. The van der Waals surface area contributed by atoms with Gasteiger partial charge in [-0.1, -0.05) is 18.2 Å². The van der Waals surface area contributed by atoms with Crippen molar-refractivity contribution in [2.45, 2.75) is 6.10 Å². The van der Waals surface area contributed by atoms with Crippen LogP contribution in [0.1, 0.15) is 5.56 Å². The highest BCUT2D eigenvalue weighted by Crippen LogP contribution is 2.31. The number of rotatable bonds is 4. The van der Waals surface area contributed by atoms with Gasteiger partial charge >= 0.3 is 0 Å². The van der Waals surface area contributed by atoms with Crippen molar-refractivity contribution < 1.29 is 24.1 Å². The molecule has 0 aromatic heterocycles. The first-order chi connectivity index (χ1) is 11.7. The largest absolute Gasteiger partial charge is 0.504 e. The molecule has 0 saturated heterocycles. The predicted molar refractivity (Wildman–Crippen MR) is 86.7 cm³/mol. The number of nitrogens with one attached hydrogen (secondary N) is 1. The van der Waals surface area contributed by atoms with E-state index < -0.39 is 12.0 Å². The van der Waals surface area contributed by atoms with Crippen molar-refractivity contribution in [3.8, 4) is 23.0 Å². The Morgan fingerprint density at radius 3 is 2.88 bits per heavy atom. The summed E-state index contributed by atoms with van der Waals surface area (Å²) in [4.78, 5) is 12.1. The molecule has 0 radical (unpaired) electrons. The summed E-state index contributed by atoms with van der Waals surface area (Å²) in [5.41, 5.74) is 2.79. The van der Waals surface area contributed by atoms with Gasteiger partial charge in [-0.05, 0) is 24.3 Å². The molecule has 0 bridgehead atoms. The molecule has 0 aliphatic carbocycles. The van der Waals surface area contributed by atoms with E-state index in [1.807, 2.05) is 6.07 Å². The zero-order chi connectivity index (χ0) is 16.9. The van der Waals surface area contributed by atoms with Crippen LogP contribution in [-0.2, 0) is 4.79 Å². The second kappa shape index (κ2) is 6.91. The highest BCUT2D eigenvalue weighted by atomic mass is 16.6. The second-order valence-corrected chi connectivity index (χ2v) is 5.00. The molecule has 1 atom stereocenters. The molecule has 2 N–H and O–H groups in total. The van der Waals surface area contributed by atoms with Crippen LogP contribution in [0.4, 0.5) is 0 Å². The Morgan fingerprint density at radius 1 is 1.29 bits per heavy atom. The summed E-state index contributed by atoms with van der Waals surface area (Å²) in [5.74, 6) is 0.947. The van der Waals surface area contributed by atoms with Crippen LogP contribution in [0.15, 0.2) is 47.6 Å². The Kier molecular flexibility index (Phi) is 4.51. The van der Waals surface area contributed by atoms with Gasteiger partial charge in [0.25, 0.3) is 5.91 Å². The molecule has 0 saturated carbocycles. The van der Waals surface area contributed by atoms with Crippen molar-refractivity contribution in [3.05, 3.63) is 48.0 Å². The summed E-state index contributed by atoms with van der Waals surface area (Å²) >= 11 is 0. The van der Waals surface area contributed by atoms with E-state index in [0.29, 0.717) is 22.8 Å². The third kappa shape index (κ3) is 3.24. The highest BCUT2D eigenvalue weighted by molar-refractivity contribution is 5.87. The predicted octanol–water partition coefficient (Wildman–Crippen LogP) is 1.69. The van der Waals surface area contributed by atoms with E-state index in [9.17, 15) is 9.90 Å². The van der Waals surface area contributed by atoms with E-state index in [4.69, 9.17) is 14.2 Å². The van der Waals surface area contributed by atoms with Crippen molar-refractivity contribution in [1.82, 2.24) is 5.43 Å². The second-order valence-electron chi connectivity index (χ2n) is 5.00. The third-order valence-electron chi connectivity index (χ3n) is 3.43. The van der Waals surface area contributed by atoms with Crippen LogP contribution in [0, 0.1) is 0 Å². The van der Waals surface area contributed by atoms with Crippen LogP contribution in [-0.4, -0.2) is 37.0 Å². The Hall–Kier alpha value is -3.22. The maximum absolute atomic E-state index is 12.1. The van der Waals surface area contributed by atoms with Crippen LogP contribution in [0.5, 0.6) is 23.0 Å². The lowest BCUT2D eigenvalue weighted by Crippen LogP contribution is -2.42. The number of carbonyl (C=O) groups excluding carboxylic acids is 1. The standard InChI is InChI=1S/C17H16N2O5/c1-22-14-8-4-5-11(16(14)20)9-18-19-17(21)15-10-23-12-6-2-3-7-13(12)24-15/h2-9,15,20H,10H2,1H3,(H,19,21)/b18-9-/t15-/m1/s1. The van der Waals surface area contributed by atoms with Gasteiger partial charge in [0.15, 0.2) is 23.0 Å². The fourth-order valence-corrected chi connectivity index (χ4v) is 2.19. The van der Waals surface area contributed by atoms with Gasteiger partial charge in [0.05, 0.1) is 13.3 Å². The maximum atomic E-state index is 12.1. The number of phenolic OH excluding ortho intramolecular Hbond substituents is 1. The molecule has 124 valence electrons. The minimum atomic E-state index is -0.795. The van der Waals surface area contributed by atoms with Gasteiger partial charge in [0.2, 0.25) is 6.10 Å². The van der Waals surface area contributed by atoms with E-state index in [1.54, 1.807) is 36.4 Å². The smallest absolute Gasteiger partial charge is 0.284 e. The van der Waals surface area contributed by atoms with Gasteiger partial charge in [-0.2, -0.15) is 5.10 Å². The highest BCUT2D eigenvalue weighted by Gasteiger charge is 2.26. The van der Waals surface area contributed by atoms with E-state index in [0.717, 1.165) is 0 Å². The monoisotopic (exact) mass is 328 g/mol. The lowest BCUT2D eigenvalue weighted by Gasteiger charge is -2.24.